The predicted molar refractivity (Wildman–Crippen MR) is 94.0 cm³/mol. The highest BCUT2D eigenvalue weighted by Crippen LogP contribution is 2.18. The van der Waals surface area contributed by atoms with Crippen LogP contribution in [0.4, 0.5) is 0 Å². The molecule has 1 atom stereocenters. The molecule has 0 spiro atoms. The maximum atomic E-state index is 12.9. The van der Waals surface area contributed by atoms with Crippen molar-refractivity contribution in [3.8, 4) is 0 Å². The first-order valence-electron chi connectivity index (χ1n) is 8.66. The van der Waals surface area contributed by atoms with Crippen molar-refractivity contribution < 1.29 is 4.79 Å². The molecule has 1 saturated heterocycles. The van der Waals surface area contributed by atoms with Gasteiger partial charge in [0.1, 0.15) is 0 Å². The molecular weight excluding hydrogens is 304 g/mol. The average molecular weight is 328 g/mol. The van der Waals surface area contributed by atoms with E-state index in [1.807, 2.05) is 12.1 Å². The van der Waals surface area contributed by atoms with Crippen molar-refractivity contribution in [1.82, 2.24) is 14.7 Å². The highest BCUT2D eigenvalue weighted by molar-refractivity contribution is 6.04. The maximum Gasteiger partial charge on any atom is 0.275 e. The third-order valence-electron chi connectivity index (χ3n) is 4.56. The molecule has 0 unspecified atom stereocenters. The second kappa shape index (κ2) is 7.13. The number of hydrogen-bond acceptors (Lipinski definition) is 4. The summed E-state index contributed by atoms with van der Waals surface area (Å²) in [4.78, 5) is 27.3. The van der Waals surface area contributed by atoms with Gasteiger partial charge in [0.25, 0.3) is 11.5 Å². The highest BCUT2D eigenvalue weighted by Gasteiger charge is 2.27. The summed E-state index contributed by atoms with van der Waals surface area (Å²) in [6.07, 6.45) is 3.79. The Bertz CT molecular complexity index is 799. The Balaban J connectivity index is 2.03. The Morgan fingerprint density at radius 3 is 2.71 bits per heavy atom. The fourth-order valence-corrected chi connectivity index (χ4v) is 3.18. The first kappa shape index (κ1) is 16.6. The van der Waals surface area contributed by atoms with Crippen molar-refractivity contribution in [2.24, 2.45) is 5.73 Å². The van der Waals surface area contributed by atoms with Crippen LogP contribution in [0.1, 0.15) is 43.1 Å². The molecule has 1 amide bonds. The van der Waals surface area contributed by atoms with Crippen molar-refractivity contribution in [3.05, 3.63) is 40.3 Å². The number of amides is 1. The molecule has 0 radical (unpaired) electrons. The SMILES string of the molecule is CCCCCn1nc(C(=O)N2CC[C@@H](N)C2)c2ccccc2c1=O. The molecule has 1 aromatic carbocycles. The van der Waals surface area contributed by atoms with Gasteiger partial charge in [-0.25, -0.2) is 4.68 Å². The quantitative estimate of drug-likeness (QED) is 0.848. The van der Waals surface area contributed by atoms with Gasteiger partial charge in [-0.05, 0) is 18.9 Å². The Labute approximate surface area is 141 Å². The van der Waals surface area contributed by atoms with Crippen molar-refractivity contribution in [2.45, 2.75) is 45.2 Å². The van der Waals surface area contributed by atoms with Gasteiger partial charge in [0.15, 0.2) is 5.69 Å². The summed E-state index contributed by atoms with van der Waals surface area (Å²) >= 11 is 0. The zero-order valence-electron chi connectivity index (χ0n) is 14.1. The van der Waals surface area contributed by atoms with Crippen LogP contribution in [0, 0.1) is 0 Å². The smallest absolute Gasteiger partial charge is 0.275 e. The molecule has 1 aliphatic heterocycles. The number of aryl methyl sites for hydroxylation is 1. The topological polar surface area (TPSA) is 81.2 Å². The number of nitrogens with zero attached hydrogens (tertiary/aromatic N) is 3. The summed E-state index contributed by atoms with van der Waals surface area (Å²) < 4.78 is 1.45. The Morgan fingerprint density at radius 2 is 2.04 bits per heavy atom. The van der Waals surface area contributed by atoms with Gasteiger partial charge in [0.2, 0.25) is 0 Å². The molecule has 3 rings (SSSR count). The molecule has 2 heterocycles. The van der Waals surface area contributed by atoms with Crippen LogP contribution in [0.3, 0.4) is 0 Å². The molecule has 6 heteroatoms. The monoisotopic (exact) mass is 328 g/mol. The van der Waals surface area contributed by atoms with Gasteiger partial charge in [-0.3, -0.25) is 9.59 Å². The molecule has 128 valence electrons. The zero-order valence-corrected chi connectivity index (χ0v) is 14.1. The standard InChI is InChI=1S/C18H24N4O2/c1-2-3-6-10-22-17(23)15-8-5-4-7-14(15)16(20-22)18(24)21-11-9-13(19)12-21/h4-5,7-8,13H,2-3,6,9-12,19H2,1H3/t13-/m1/s1. The van der Waals surface area contributed by atoms with E-state index >= 15 is 0 Å². The molecule has 24 heavy (non-hydrogen) atoms. The number of likely N-dealkylation sites (tertiary alicyclic amines) is 1. The van der Waals surface area contributed by atoms with Crippen LogP contribution < -0.4 is 11.3 Å². The summed E-state index contributed by atoms with van der Waals surface area (Å²) in [5, 5.41) is 5.59. The van der Waals surface area contributed by atoms with E-state index in [4.69, 9.17) is 5.73 Å². The Hall–Kier alpha value is -2.21. The van der Waals surface area contributed by atoms with E-state index in [0.29, 0.717) is 36.1 Å². The van der Waals surface area contributed by atoms with Gasteiger partial charge >= 0.3 is 0 Å². The minimum atomic E-state index is -0.136. The Kier molecular flexibility index (Phi) is 4.94. The third kappa shape index (κ3) is 3.19. The maximum absolute atomic E-state index is 12.9. The van der Waals surface area contributed by atoms with Gasteiger partial charge in [-0.1, -0.05) is 38.0 Å². The molecule has 1 aromatic heterocycles. The van der Waals surface area contributed by atoms with Crippen LogP contribution in [0.5, 0.6) is 0 Å². The van der Waals surface area contributed by atoms with Crippen LogP contribution >= 0.6 is 0 Å². The van der Waals surface area contributed by atoms with Gasteiger partial charge in [0.05, 0.1) is 5.39 Å². The molecule has 1 fully saturated rings. The van der Waals surface area contributed by atoms with Crippen LogP contribution in [-0.4, -0.2) is 39.7 Å². The minimum Gasteiger partial charge on any atom is -0.336 e. The van der Waals surface area contributed by atoms with Crippen LogP contribution in [-0.2, 0) is 6.54 Å². The molecule has 6 nitrogen and oxygen atoms in total. The van der Waals surface area contributed by atoms with E-state index < -0.39 is 0 Å². The average Bonchev–Trinajstić information content (AvgIpc) is 3.03. The van der Waals surface area contributed by atoms with Crippen molar-refractivity contribution in [3.63, 3.8) is 0 Å². The molecule has 2 N–H and O–H groups in total. The zero-order chi connectivity index (χ0) is 17.1. The number of carbonyl (C=O) groups is 1. The summed E-state index contributed by atoms with van der Waals surface area (Å²) in [7, 11) is 0. The van der Waals surface area contributed by atoms with Gasteiger partial charge in [0, 0.05) is 31.1 Å². The van der Waals surface area contributed by atoms with E-state index in [1.165, 1.54) is 4.68 Å². The second-order valence-corrected chi connectivity index (χ2v) is 6.43. The molecular formula is C18H24N4O2. The molecule has 0 aliphatic carbocycles. The number of nitrogens with two attached hydrogens (primary N) is 1. The van der Waals surface area contributed by atoms with E-state index in [0.717, 1.165) is 25.7 Å². The summed E-state index contributed by atoms with van der Waals surface area (Å²) in [6, 6.07) is 7.24. The lowest BCUT2D eigenvalue weighted by Crippen LogP contribution is -2.35. The van der Waals surface area contributed by atoms with E-state index in [1.54, 1.807) is 17.0 Å². The fraction of sp³-hybridized carbons (Fsp3) is 0.500. The lowest BCUT2D eigenvalue weighted by Gasteiger charge is -2.17. The van der Waals surface area contributed by atoms with Gasteiger partial charge in [-0.15, -0.1) is 0 Å². The summed E-state index contributed by atoms with van der Waals surface area (Å²) in [5.41, 5.74) is 6.15. The summed E-state index contributed by atoms with van der Waals surface area (Å²) in [5.74, 6) is -0.136. The second-order valence-electron chi connectivity index (χ2n) is 6.43. The third-order valence-corrected chi connectivity index (χ3v) is 4.56. The lowest BCUT2D eigenvalue weighted by molar-refractivity contribution is 0.0784. The fourth-order valence-electron chi connectivity index (χ4n) is 3.18. The van der Waals surface area contributed by atoms with Gasteiger partial charge in [-0.2, -0.15) is 5.10 Å². The number of aromatic nitrogens is 2. The van der Waals surface area contributed by atoms with E-state index in [-0.39, 0.29) is 17.5 Å². The largest absolute Gasteiger partial charge is 0.336 e. The number of hydrogen-bond donors (Lipinski definition) is 1. The number of unbranched alkanes of at least 4 members (excludes halogenated alkanes) is 2. The minimum absolute atomic E-state index is 0.0238. The molecule has 2 aromatic rings. The van der Waals surface area contributed by atoms with Crippen molar-refractivity contribution in [2.75, 3.05) is 13.1 Å². The normalized spacial score (nSPS) is 17.6. The van der Waals surface area contributed by atoms with Crippen LogP contribution in [0.15, 0.2) is 29.1 Å². The summed E-state index contributed by atoms with van der Waals surface area (Å²) in [6.45, 7) is 3.84. The number of carbonyl (C=O) groups excluding carboxylic acids is 1. The van der Waals surface area contributed by atoms with E-state index in [9.17, 15) is 9.59 Å². The lowest BCUT2D eigenvalue weighted by atomic mass is 10.1. The predicted octanol–water partition coefficient (Wildman–Crippen LogP) is 1.76. The molecule has 0 saturated carbocycles. The van der Waals surface area contributed by atoms with E-state index in [2.05, 4.69) is 12.0 Å². The molecule has 0 bridgehead atoms. The molecule has 1 aliphatic rings. The highest BCUT2D eigenvalue weighted by atomic mass is 16.2. The van der Waals surface area contributed by atoms with Crippen molar-refractivity contribution >= 4 is 16.7 Å². The van der Waals surface area contributed by atoms with Crippen LogP contribution in [0.25, 0.3) is 10.8 Å². The number of fused-ring (bicyclic) bond motifs is 1. The first-order chi connectivity index (χ1) is 11.6. The number of rotatable bonds is 5. The van der Waals surface area contributed by atoms with Gasteiger partial charge < -0.3 is 10.6 Å². The Morgan fingerprint density at radius 1 is 1.29 bits per heavy atom. The number of benzene rings is 1. The first-order valence-corrected chi connectivity index (χ1v) is 8.66. The van der Waals surface area contributed by atoms with Crippen LogP contribution in [0.2, 0.25) is 0 Å². The van der Waals surface area contributed by atoms with Crippen molar-refractivity contribution in [1.29, 1.82) is 0 Å².